The number of hydrogen-bond acceptors (Lipinski definition) is 8. The largest absolute Gasteiger partial charge is 0.481 e. The van der Waals surface area contributed by atoms with E-state index in [0.717, 1.165) is 16.4 Å². The molecule has 190 valence electrons. The Morgan fingerprint density at radius 3 is 2.27 bits per heavy atom. The quantitative estimate of drug-likeness (QED) is 0.271. The second kappa shape index (κ2) is 11.3. The third-order valence-electron chi connectivity index (χ3n) is 5.74. The highest BCUT2D eigenvalue weighted by Gasteiger charge is 2.24. The molecule has 4 aromatic rings. The SMILES string of the molecule is CN(CCO)C(=O)COc1c(Cl)cc(-c2nnc(CN3c4ccccc4Sc4ccccc43)s2)cc1Cl. The predicted octanol–water partition coefficient (Wildman–Crippen LogP) is 6.14. The van der Waals surface area contributed by atoms with Crippen LogP contribution in [0.15, 0.2) is 70.5 Å². The zero-order valence-corrected chi connectivity index (χ0v) is 22.9. The molecule has 5 rings (SSSR count). The second-order valence-electron chi connectivity index (χ2n) is 8.22. The summed E-state index contributed by atoms with van der Waals surface area (Å²) in [5.41, 5.74) is 2.98. The van der Waals surface area contributed by atoms with E-state index in [1.54, 1.807) is 30.9 Å². The van der Waals surface area contributed by atoms with Gasteiger partial charge in [-0.1, -0.05) is 70.6 Å². The van der Waals surface area contributed by atoms with Crippen molar-refractivity contribution in [1.29, 1.82) is 0 Å². The van der Waals surface area contributed by atoms with Gasteiger partial charge in [0.2, 0.25) is 0 Å². The topological polar surface area (TPSA) is 78.8 Å². The van der Waals surface area contributed by atoms with Crippen LogP contribution in [0, 0.1) is 0 Å². The van der Waals surface area contributed by atoms with Gasteiger partial charge in [-0.3, -0.25) is 4.79 Å². The van der Waals surface area contributed by atoms with Crippen LogP contribution in [0.4, 0.5) is 11.4 Å². The van der Waals surface area contributed by atoms with Crippen molar-refractivity contribution < 1.29 is 14.6 Å². The number of nitrogens with zero attached hydrogens (tertiary/aromatic N) is 4. The molecule has 3 aromatic carbocycles. The van der Waals surface area contributed by atoms with Crippen LogP contribution in [0.2, 0.25) is 10.0 Å². The molecule has 0 bridgehead atoms. The number of amides is 1. The van der Waals surface area contributed by atoms with Gasteiger partial charge in [0.15, 0.2) is 12.4 Å². The first kappa shape index (κ1) is 25.8. The van der Waals surface area contributed by atoms with Crippen molar-refractivity contribution in [3.63, 3.8) is 0 Å². The molecule has 0 radical (unpaired) electrons. The number of carbonyl (C=O) groups excluding carboxylic acids is 1. The van der Waals surface area contributed by atoms with Crippen LogP contribution in [-0.4, -0.2) is 52.9 Å². The van der Waals surface area contributed by atoms with E-state index in [9.17, 15) is 4.79 Å². The van der Waals surface area contributed by atoms with Gasteiger partial charge in [-0.2, -0.15) is 0 Å². The summed E-state index contributed by atoms with van der Waals surface area (Å²) < 4.78 is 5.58. The average molecular weight is 574 g/mol. The lowest BCUT2D eigenvalue weighted by molar-refractivity contribution is -0.132. The molecule has 0 aliphatic carbocycles. The zero-order valence-electron chi connectivity index (χ0n) is 19.7. The van der Waals surface area contributed by atoms with Gasteiger partial charge in [0.25, 0.3) is 5.91 Å². The summed E-state index contributed by atoms with van der Waals surface area (Å²) in [7, 11) is 1.58. The van der Waals surface area contributed by atoms with Gasteiger partial charge in [-0.15, -0.1) is 10.2 Å². The lowest BCUT2D eigenvalue weighted by Gasteiger charge is -2.31. The third kappa shape index (κ3) is 5.56. The maximum atomic E-state index is 12.1. The number of halogens is 2. The Bertz CT molecular complexity index is 1380. The van der Waals surface area contributed by atoms with Gasteiger partial charge < -0.3 is 19.6 Å². The van der Waals surface area contributed by atoms with E-state index >= 15 is 0 Å². The number of anilines is 2. The van der Waals surface area contributed by atoms with Crippen LogP contribution in [-0.2, 0) is 11.3 Å². The molecule has 11 heteroatoms. The molecule has 0 saturated heterocycles. The number of aliphatic hydroxyl groups is 1. The molecule has 0 unspecified atom stereocenters. The molecule has 0 fully saturated rings. The Labute approximate surface area is 232 Å². The van der Waals surface area contributed by atoms with E-state index < -0.39 is 0 Å². The molecule has 0 saturated carbocycles. The first-order valence-corrected chi connectivity index (χ1v) is 13.8. The summed E-state index contributed by atoms with van der Waals surface area (Å²) in [5.74, 6) is -0.0695. The summed E-state index contributed by atoms with van der Waals surface area (Å²) in [6.45, 7) is 0.418. The van der Waals surface area contributed by atoms with Crippen LogP contribution in [0.3, 0.4) is 0 Å². The number of benzene rings is 3. The van der Waals surface area contributed by atoms with E-state index in [1.165, 1.54) is 26.0 Å². The minimum atomic E-state index is -0.293. The molecule has 2 heterocycles. The van der Waals surface area contributed by atoms with Crippen molar-refractivity contribution in [3.8, 4) is 16.3 Å². The Morgan fingerprint density at radius 1 is 1.03 bits per heavy atom. The fourth-order valence-electron chi connectivity index (χ4n) is 3.86. The number of likely N-dealkylation sites (N-methyl/N-ethyl adjacent to an activating group) is 1. The number of rotatable bonds is 8. The van der Waals surface area contributed by atoms with Crippen molar-refractivity contribution in [2.45, 2.75) is 16.3 Å². The predicted molar refractivity (Wildman–Crippen MR) is 148 cm³/mol. The first-order chi connectivity index (χ1) is 17.9. The van der Waals surface area contributed by atoms with Crippen LogP contribution in [0.1, 0.15) is 5.01 Å². The van der Waals surface area contributed by atoms with Gasteiger partial charge in [0, 0.05) is 28.9 Å². The third-order valence-corrected chi connectivity index (χ3v) is 8.39. The van der Waals surface area contributed by atoms with Crippen molar-refractivity contribution in [3.05, 3.63) is 75.7 Å². The summed E-state index contributed by atoms with van der Waals surface area (Å²) in [6, 6.07) is 20.1. The number of aliphatic hydroxyl groups excluding tert-OH is 1. The molecule has 0 spiro atoms. The highest BCUT2D eigenvalue weighted by molar-refractivity contribution is 7.99. The molecular weight excluding hydrogens is 551 g/mol. The lowest BCUT2D eigenvalue weighted by Crippen LogP contribution is -2.33. The standard InChI is InChI=1S/C26H22Cl2N4O3S2/c1-31(10-11-33)24(34)15-35-25-17(27)12-16(13-18(25)28)26-30-29-23(37-26)14-32-19-6-2-4-8-21(19)36-22-9-5-3-7-20(22)32/h2-9,12-13,33H,10-11,14-15H2,1H3. The number of hydrogen-bond donors (Lipinski definition) is 1. The molecule has 37 heavy (non-hydrogen) atoms. The molecule has 1 aliphatic rings. The molecule has 0 atom stereocenters. The summed E-state index contributed by atoms with van der Waals surface area (Å²) in [5, 5.41) is 19.9. The number of aromatic nitrogens is 2. The smallest absolute Gasteiger partial charge is 0.260 e. The van der Waals surface area contributed by atoms with E-state index in [1.807, 2.05) is 24.3 Å². The fraction of sp³-hybridized carbons (Fsp3) is 0.192. The van der Waals surface area contributed by atoms with Crippen molar-refractivity contribution in [1.82, 2.24) is 15.1 Å². The van der Waals surface area contributed by atoms with Crippen LogP contribution in [0.5, 0.6) is 5.75 Å². The number of para-hydroxylation sites is 2. The molecule has 1 amide bonds. The Balaban J connectivity index is 1.35. The van der Waals surface area contributed by atoms with Crippen LogP contribution < -0.4 is 9.64 Å². The number of fused-ring (bicyclic) bond motifs is 2. The van der Waals surface area contributed by atoms with Crippen molar-refractivity contribution in [2.75, 3.05) is 31.7 Å². The summed E-state index contributed by atoms with van der Waals surface area (Å²) >= 11 is 16.1. The minimum Gasteiger partial charge on any atom is -0.481 e. The summed E-state index contributed by atoms with van der Waals surface area (Å²) in [4.78, 5) is 18.1. The number of carbonyl (C=O) groups is 1. The molecule has 1 N–H and O–H groups in total. The lowest BCUT2D eigenvalue weighted by atomic mass is 10.2. The highest BCUT2D eigenvalue weighted by Crippen LogP contribution is 2.48. The van der Waals surface area contributed by atoms with Crippen molar-refractivity contribution >= 4 is 63.6 Å². The monoisotopic (exact) mass is 572 g/mol. The van der Waals surface area contributed by atoms with Crippen LogP contribution in [0.25, 0.3) is 10.6 Å². The molecule has 7 nitrogen and oxygen atoms in total. The fourth-order valence-corrected chi connectivity index (χ4v) is 6.37. The number of ether oxygens (including phenoxy) is 1. The van der Waals surface area contributed by atoms with Gasteiger partial charge in [-0.05, 0) is 36.4 Å². The summed E-state index contributed by atoms with van der Waals surface area (Å²) in [6.07, 6.45) is 0. The maximum absolute atomic E-state index is 12.1. The normalized spacial score (nSPS) is 12.2. The zero-order chi connectivity index (χ0) is 25.9. The van der Waals surface area contributed by atoms with E-state index in [4.69, 9.17) is 33.0 Å². The van der Waals surface area contributed by atoms with Crippen LogP contribution >= 0.6 is 46.3 Å². The average Bonchev–Trinajstić information content (AvgIpc) is 3.36. The van der Waals surface area contributed by atoms with E-state index in [2.05, 4.69) is 39.4 Å². The van der Waals surface area contributed by atoms with E-state index in [0.29, 0.717) is 17.1 Å². The Hall–Kier alpha value is -2.82. The van der Waals surface area contributed by atoms with Crippen molar-refractivity contribution in [2.24, 2.45) is 0 Å². The maximum Gasteiger partial charge on any atom is 0.260 e. The van der Waals surface area contributed by atoms with Gasteiger partial charge in [-0.25, -0.2) is 0 Å². The first-order valence-electron chi connectivity index (χ1n) is 11.4. The Morgan fingerprint density at radius 2 is 1.65 bits per heavy atom. The molecule has 1 aliphatic heterocycles. The molecular formula is C26H22Cl2N4O3S2. The Kier molecular flexibility index (Phi) is 7.87. The van der Waals surface area contributed by atoms with E-state index in [-0.39, 0.29) is 41.5 Å². The van der Waals surface area contributed by atoms with Gasteiger partial charge in [0.05, 0.1) is 34.6 Å². The second-order valence-corrected chi connectivity index (χ2v) is 11.2. The molecule has 1 aromatic heterocycles. The minimum absolute atomic E-state index is 0.127. The highest BCUT2D eigenvalue weighted by atomic mass is 35.5. The van der Waals surface area contributed by atoms with Gasteiger partial charge >= 0.3 is 0 Å². The van der Waals surface area contributed by atoms with Gasteiger partial charge in [0.1, 0.15) is 10.0 Å².